The Labute approximate surface area is 146 Å². The molecule has 1 saturated carbocycles. The molecule has 25 heavy (non-hydrogen) atoms. The first-order valence-corrected chi connectivity index (χ1v) is 9.88. The third-order valence-electron chi connectivity index (χ3n) is 4.46. The summed E-state index contributed by atoms with van der Waals surface area (Å²) in [5.41, 5.74) is -1.24. The second kappa shape index (κ2) is 7.01. The molecular formula is C18H21NO5S. The van der Waals surface area contributed by atoms with Gasteiger partial charge in [-0.15, -0.1) is 0 Å². The number of hydrogen-bond donors (Lipinski definition) is 2. The van der Waals surface area contributed by atoms with Gasteiger partial charge in [0.2, 0.25) is 5.91 Å². The number of sulfone groups is 1. The molecule has 0 spiro atoms. The minimum atomic E-state index is -3.50. The van der Waals surface area contributed by atoms with Crippen molar-refractivity contribution >= 4 is 15.7 Å². The zero-order valence-corrected chi connectivity index (χ0v) is 14.5. The Morgan fingerprint density at radius 3 is 2.52 bits per heavy atom. The Morgan fingerprint density at radius 1 is 1.20 bits per heavy atom. The van der Waals surface area contributed by atoms with Crippen molar-refractivity contribution in [3.63, 3.8) is 0 Å². The number of furan rings is 1. The van der Waals surface area contributed by atoms with E-state index in [-0.39, 0.29) is 29.5 Å². The van der Waals surface area contributed by atoms with Crippen molar-refractivity contribution in [2.24, 2.45) is 5.92 Å². The van der Waals surface area contributed by atoms with Crippen LogP contribution in [-0.4, -0.2) is 31.7 Å². The largest absolute Gasteiger partial charge is 0.466 e. The van der Waals surface area contributed by atoms with E-state index < -0.39 is 21.3 Å². The van der Waals surface area contributed by atoms with E-state index in [9.17, 15) is 18.3 Å². The van der Waals surface area contributed by atoms with E-state index in [4.69, 9.17) is 4.42 Å². The van der Waals surface area contributed by atoms with Crippen LogP contribution in [-0.2, 0) is 20.2 Å². The maximum atomic E-state index is 12.2. The van der Waals surface area contributed by atoms with Crippen LogP contribution in [0.1, 0.15) is 25.0 Å². The lowest BCUT2D eigenvalue weighted by Gasteiger charge is -2.26. The van der Waals surface area contributed by atoms with Crippen molar-refractivity contribution in [2.45, 2.75) is 29.8 Å². The van der Waals surface area contributed by atoms with Gasteiger partial charge in [-0.25, -0.2) is 8.42 Å². The number of benzene rings is 1. The summed E-state index contributed by atoms with van der Waals surface area (Å²) in [6.07, 6.45) is 3.07. The minimum Gasteiger partial charge on any atom is -0.466 e. The van der Waals surface area contributed by atoms with E-state index in [0.29, 0.717) is 5.76 Å². The zero-order valence-electron chi connectivity index (χ0n) is 13.7. The maximum Gasteiger partial charge on any atom is 0.221 e. The third-order valence-corrected chi connectivity index (χ3v) is 6.19. The lowest BCUT2D eigenvalue weighted by molar-refractivity contribution is -0.122. The molecule has 0 saturated heterocycles. The van der Waals surface area contributed by atoms with Crippen LogP contribution in [0.2, 0.25) is 0 Å². The van der Waals surface area contributed by atoms with E-state index in [0.717, 1.165) is 12.8 Å². The molecule has 6 nitrogen and oxygen atoms in total. The Hall–Kier alpha value is -2.12. The quantitative estimate of drug-likeness (QED) is 0.746. The van der Waals surface area contributed by atoms with Gasteiger partial charge < -0.3 is 14.8 Å². The molecule has 134 valence electrons. The van der Waals surface area contributed by atoms with E-state index in [1.165, 1.54) is 18.4 Å². The van der Waals surface area contributed by atoms with Crippen molar-refractivity contribution < 1.29 is 22.7 Å². The van der Waals surface area contributed by atoms with Crippen LogP contribution < -0.4 is 5.32 Å². The van der Waals surface area contributed by atoms with Crippen molar-refractivity contribution in [2.75, 3.05) is 12.3 Å². The highest BCUT2D eigenvalue weighted by atomic mass is 32.2. The summed E-state index contributed by atoms with van der Waals surface area (Å²) in [4.78, 5) is 12.3. The first kappa shape index (κ1) is 17.7. The minimum absolute atomic E-state index is 0.00932. The van der Waals surface area contributed by atoms with Crippen molar-refractivity contribution in [3.05, 3.63) is 54.5 Å². The van der Waals surface area contributed by atoms with Crippen LogP contribution in [0.5, 0.6) is 0 Å². The van der Waals surface area contributed by atoms with E-state index in [2.05, 4.69) is 5.32 Å². The lowest BCUT2D eigenvalue weighted by atomic mass is 9.94. The Balaban J connectivity index is 1.56. The third kappa shape index (κ3) is 4.11. The Morgan fingerprint density at radius 2 is 1.92 bits per heavy atom. The number of carbonyl (C=O) groups excluding carboxylic acids is 1. The average Bonchev–Trinajstić information content (AvgIpc) is 3.33. The van der Waals surface area contributed by atoms with Crippen LogP contribution in [0, 0.1) is 5.92 Å². The van der Waals surface area contributed by atoms with Gasteiger partial charge in [-0.2, -0.15) is 0 Å². The molecule has 0 radical (unpaired) electrons. The molecule has 1 aromatic heterocycles. The summed E-state index contributed by atoms with van der Waals surface area (Å²) < 4.78 is 29.7. The van der Waals surface area contributed by atoms with E-state index >= 15 is 0 Å². The van der Waals surface area contributed by atoms with Crippen LogP contribution >= 0.6 is 0 Å². The molecule has 1 aliphatic carbocycles. The number of nitrogens with one attached hydrogen (secondary N) is 1. The monoisotopic (exact) mass is 363 g/mol. The molecule has 1 aliphatic rings. The molecule has 1 unspecified atom stereocenters. The fourth-order valence-corrected chi connectivity index (χ4v) is 4.07. The lowest BCUT2D eigenvalue weighted by Crippen LogP contribution is -2.42. The molecule has 0 aliphatic heterocycles. The highest BCUT2D eigenvalue weighted by Crippen LogP contribution is 2.45. The molecule has 3 rings (SSSR count). The summed E-state index contributed by atoms with van der Waals surface area (Å²) >= 11 is 0. The summed E-state index contributed by atoms with van der Waals surface area (Å²) in [6, 6.07) is 11.4. The first-order valence-electron chi connectivity index (χ1n) is 8.23. The van der Waals surface area contributed by atoms with E-state index in [1.807, 2.05) is 0 Å². The van der Waals surface area contributed by atoms with Gasteiger partial charge in [-0.1, -0.05) is 18.2 Å². The molecule has 7 heteroatoms. The SMILES string of the molecule is O=C(CCS(=O)(=O)c1ccccc1)NCC(O)(c1ccco1)C1CC1. The second-order valence-corrected chi connectivity index (χ2v) is 8.44. The van der Waals surface area contributed by atoms with Gasteiger partial charge in [0.1, 0.15) is 11.4 Å². The summed E-state index contributed by atoms with van der Waals surface area (Å²) in [5, 5.41) is 13.5. The van der Waals surface area contributed by atoms with Crippen molar-refractivity contribution in [1.82, 2.24) is 5.32 Å². The molecular weight excluding hydrogens is 342 g/mol. The standard InChI is InChI=1S/C18H21NO5S/c20-17(10-12-25(22,23)15-5-2-1-3-6-15)19-13-18(21,14-8-9-14)16-7-4-11-24-16/h1-7,11,14,21H,8-10,12-13H2,(H,19,20). The van der Waals surface area contributed by atoms with Gasteiger partial charge in [0.05, 0.1) is 23.5 Å². The predicted molar refractivity (Wildman–Crippen MR) is 91.5 cm³/mol. The van der Waals surface area contributed by atoms with Crippen molar-refractivity contribution in [3.8, 4) is 0 Å². The molecule has 2 N–H and O–H groups in total. The maximum absolute atomic E-state index is 12.2. The summed E-state index contributed by atoms with van der Waals surface area (Å²) in [7, 11) is -3.50. The number of amides is 1. The fraction of sp³-hybridized carbons (Fsp3) is 0.389. The molecule has 1 atom stereocenters. The van der Waals surface area contributed by atoms with Gasteiger partial charge in [0, 0.05) is 6.42 Å². The van der Waals surface area contributed by atoms with Gasteiger partial charge in [0.25, 0.3) is 0 Å². The van der Waals surface area contributed by atoms with Crippen LogP contribution in [0.4, 0.5) is 0 Å². The highest BCUT2D eigenvalue weighted by molar-refractivity contribution is 7.91. The van der Waals surface area contributed by atoms with Gasteiger partial charge >= 0.3 is 0 Å². The van der Waals surface area contributed by atoms with Gasteiger partial charge in [0.15, 0.2) is 9.84 Å². The predicted octanol–water partition coefficient (Wildman–Crippen LogP) is 1.86. The molecule has 1 aromatic carbocycles. The molecule has 1 heterocycles. The number of rotatable bonds is 8. The van der Waals surface area contributed by atoms with Crippen LogP contribution in [0.25, 0.3) is 0 Å². The van der Waals surface area contributed by atoms with Crippen LogP contribution in [0.15, 0.2) is 58.0 Å². The second-order valence-electron chi connectivity index (χ2n) is 6.33. The van der Waals surface area contributed by atoms with Crippen LogP contribution in [0.3, 0.4) is 0 Å². The van der Waals surface area contributed by atoms with Crippen molar-refractivity contribution in [1.29, 1.82) is 0 Å². The number of carbonyl (C=O) groups is 1. The Bertz CT molecular complexity index is 812. The van der Waals surface area contributed by atoms with E-state index in [1.54, 1.807) is 30.3 Å². The van der Waals surface area contributed by atoms with Gasteiger partial charge in [-0.05, 0) is 43.0 Å². The molecule has 2 aromatic rings. The average molecular weight is 363 g/mol. The normalized spacial score (nSPS) is 17.0. The molecule has 0 bridgehead atoms. The molecule has 1 fully saturated rings. The number of aliphatic hydroxyl groups is 1. The molecule has 1 amide bonds. The van der Waals surface area contributed by atoms with Gasteiger partial charge in [-0.3, -0.25) is 4.79 Å². The fourth-order valence-electron chi connectivity index (χ4n) is 2.81. The highest BCUT2D eigenvalue weighted by Gasteiger charge is 2.47. The summed E-state index contributed by atoms with van der Waals surface area (Å²) in [6.45, 7) is 0.00932. The zero-order chi connectivity index (χ0) is 17.9. The smallest absolute Gasteiger partial charge is 0.221 e. The topological polar surface area (TPSA) is 96.6 Å². The Kier molecular flexibility index (Phi) is 4.96. The number of hydrogen-bond acceptors (Lipinski definition) is 5. The summed E-state index contributed by atoms with van der Waals surface area (Å²) in [5.74, 6) is -0.213. The first-order chi connectivity index (χ1) is 11.9.